The lowest BCUT2D eigenvalue weighted by Gasteiger charge is -2.26. The summed E-state index contributed by atoms with van der Waals surface area (Å²) >= 11 is 0. The summed E-state index contributed by atoms with van der Waals surface area (Å²) < 4.78 is 6.11. The van der Waals surface area contributed by atoms with Crippen LogP contribution in [0.15, 0.2) is 30.5 Å². The van der Waals surface area contributed by atoms with E-state index in [9.17, 15) is 9.90 Å². The molecule has 6 nitrogen and oxygen atoms in total. The Morgan fingerprint density at radius 2 is 2.00 bits per heavy atom. The molecule has 2 aliphatic rings. The van der Waals surface area contributed by atoms with Crippen LogP contribution in [-0.4, -0.2) is 40.8 Å². The molecule has 2 aliphatic carbocycles. The zero-order chi connectivity index (χ0) is 21.3. The molecule has 0 aliphatic heterocycles. The van der Waals surface area contributed by atoms with E-state index in [1.165, 1.54) is 12.8 Å². The molecule has 1 aromatic heterocycles. The van der Waals surface area contributed by atoms with Crippen molar-refractivity contribution in [3.8, 4) is 16.9 Å². The zero-order valence-corrected chi connectivity index (χ0v) is 18.0. The van der Waals surface area contributed by atoms with Crippen molar-refractivity contribution >= 4 is 11.7 Å². The molecule has 0 radical (unpaired) electrons. The number of carbonyl (C=O) groups is 1. The average molecular weight is 410 g/mol. The molecule has 0 unspecified atom stereocenters. The van der Waals surface area contributed by atoms with Crippen LogP contribution in [0.2, 0.25) is 0 Å². The second-order valence-corrected chi connectivity index (χ2v) is 9.27. The Morgan fingerprint density at radius 3 is 2.67 bits per heavy atom. The fourth-order valence-electron chi connectivity index (χ4n) is 3.22. The Labute approximate surface area is 178 Å². The Balaban J connectivity index is 1.64. The van der Waals surface area contributed by atoms with Crippen molar-refractivity contribution in [3.05, 3.63) is 41.6 Å². The highest BCUT2D eigenvalue weighted by atomic mass is 16.5. The van der Waals surface area contributed by atoms with E-state index < -0.39 is 5.54 Å². The molecule has 2 aromatic rings. The van der Waals surface area contributed by atoms with Crippen molar-refractivity contribution in [3.63, 3.8) is 0 Å². The van der Waals surface area contributed by atoms with Crippen LogP contribution in [0.4, 0.5) is 5.82 Å². The number of benzene rings is 1. The number of ether oxygens (including phenoxy) is 1. The van der Waals surface area contributed by atoms with E-state index in [2.05, 4.69) is 15.6 Å². The van der Waals surface area contributed by atoms with Crippen LogP contribution < -0.4 is 15.4 Å². The second kappa shape index (κ2) is 8.26. The number of nitrogens with zero attached hydrogens (tertiary/aromatic N) is 1. The lowest BCUT2D eigenvalue weighted by molar-refractivity contribution is 0.0951. The number of hydrogen-bond donors (Lipinski definition) is 3. The van der Waals surface area contributed by atoms with Gasteiger partial charge in [-0.1, -0.05) is 6.07 Å². The molecule has 1 amide bonds. The lowest BCUT2D eigenvalue weighted by Crippen LogP contribution is -2.35. The molecule has 2 saturated carbocycles. The predicted molar refractivity (Wildman–Crippen MR) is 118 cm³/mol. The number of aryl methyl sites for hydroxylation is 1. The van der Waals surface area contributed by atoms with Gasteiger partial charge in [-0.2, -0.15) is 0 Å². The van der Waals surface area contributed by atoms with Crippen molar-refractivity contribution in [1.29, 1.82) is 0 Å². The van der Waals surface area contributed by atoms with Gasteiger partial charge in [0.2, 0.25) is 0 Å². The van der Waals surface area contributed by atoms with Gasteiger partial charge in [-0.25, -0.2) is 4.98 Å². The molecule has 4 rings (SSSR count). The molecule has 0 spiro atoms. The molecule has 0 atom stereocenters. The fraction of sp³-hybridized carbons (Fsp3) is 0.500. The van der Waals surface area contributed by atoms with Crippen molar-refractivity contribution in [2.75, 3.05) is 18.5 Å². The van der Waals surface area contributed by atoms with Gasteiger partial charge in [-0.3, -0.25) is 4.79 Å². The molecular weight excluding hydrogens is 378 g/mol. The summed E-state index contributed by atoms with van der Waals surface area (Å²) in [5, 5.41) is 16.0. The van der Waals surface area contributed by atoms with Crippen LogP contribution in [0.25, 0.3) is 11.1 Å². The number of amides is 1. The summed E-state index contributed by atoms with van der Waals surface area (Å²) in [6.07, 6.45) is 6.33. The number of rotatable bonds is 9. The van der Waals surface area contributed by atoms with Gasteiger partial charge in [0.05, 0.1) is 18.8 Å². The van der Waals surface area contributed by atoms with E-state index in [4.69, 9.17) is 4.74 Å². The third kappa shape index (κ3) is 5.11. The summed E-state index contributed by atoms with van der Waals surface area (Å²) in [7, 11) is 0. The van der Waals surface area contributed by atoms with E-state index >= 15 is 0 Å². The van der Waals surface area contributed by atoms with E-state index in [0.717, 1.165) is 29.5 Å². The first-order valence-electron chi connectivity index (χ1n) is 10.8. The molecule has 1 aromatic carbocycles. The first-order valence-corrected chi connectivity index (χ1v) is 10.8. The number of hydrogen-bond acceptors (Lipinski definition) is 5. The van der Waals surface area contributed by atoms with E-state index in [0.29, 0.717) is 35.7 Å². The van der Waals surface area contributed by atoms with Gasteiger partial charge in [0.15, 0.2) is 11.6 Å². The maximum absolute atomic E-state index is 12.5. The van der Waals surface area contributed by atoms with Crippen LogP contribution >= 0.6 is 0 Å². The standard InChI is InChI=1S/C24H31N3O3/c1-15-4-7-17(23(29)26-19-8-9-19)10-20(15)18-11-21(30-13-16-5-6-16)22(25-12-18)27-24(2,3)14-28/h4,7,10-12,16,19,28H,5-6,8-9,13-14H2,1-3H3,(H,25,27)(H,26,29). The second-order valence-electron chi connectivity index (χ2n) is 9.27. The van der Waals surface area contributed by atoms with Crippen LogP contribution in [0.5, 0.6) is 5.75 Å². The maximum atomic E-state index is 12.5. The van der Waals surface area contributed by atoms with Crippen molar-refractivity contribution in [2.24, 2.45) is 5.92 Å². The Hall–Kier alpha value is -2.60. The molecule has 0 saturated heterocycles. The SMILES string of the molecule is Cc1ccc(C(=O)NC2CC2)cc1-c1cnc(NC(C)(C)CO)c(OCC2CC2)c1. The highest BCUT2D eigenvalue weighted by Gasteiger charge is 2.25. The van der Waals surface area contributed by atoms with Crippen LogP contribution in [-0.2, 0) is 0 Å². The Bertz CT molecular complexity index is 933. The van der Waals surface area contributed by atoms with E-state index in [1.807, 2.05) is 45.0 Å². The summed E-state index contributed by atoms with van der Waals surface area (Å²) in [4.78, 5) is 17.1. The van der Waals surface area contributed by atoms with Gasteiger partial charge in [-0.05, 0) is 81.7 Å². The van der Waals surface area contributed by atoms with Gasteiger partial charge in [-0.15, -0.1) is 0 Å². The van der Waals surface area contributed by atoms with E-state index in [1.54, 1.807) is 6.20 Å². The molecule has 160 valence electrons. The third-order valence-corrected chi connectivity index (χ3v) is 5.60. The molecule has 6 heteroatoms. The molecular formula is C24H31N3O3. The monoisotopic (exact) mass is 409 g/mol. The molecule has 3 N–H and O–H groups in total. The van der Waals surface area contributed by atoms with Crippen molar-refractivity contribution in [1.82, 2.24) is 10.3 Å². The number of aliphatic hydroxyl groups excluding tert-OH is 1. The minimum atomic E-state index is -0.511. The van der Waals surface area contributed by atoms with Gasteiger partial charge in [0, 0.05) is 23.4 Å². The zero-order valence-electron chi connectivity index (χ0n) is 18.0. The number of nitrogens with one attached hydrogen (secondary N) is 2. The van der Waals surface area contributed by atoms with Crippen LogP contribution in [0.3, 0.4) is 0 Å². The Kier molecular flexibility index (Phi) is 5.69. The minimum Gasteiger partial charge on any atom is -0.489 e. The number of carbonyl (C=O) groups excluding carboxylic acids is 1. The summed E-state index contributed by atoms with van der Waals surface area (Å²) in [6, 6.07) is 8.08. The first-order chi connectivity index (χ1) is 14.3. The number of aliphatic hydroxyl groups is 1. The average Bonchev–Trinajstić information content (AvgIpc) is 3.63. The number of anilines is 1. The predicted octanol–water partition coefficient (Wildman–Crippen LogP) is 3.92. The maximum Gasteiger partial charge on any atom is 0.251 e. The summed E-state index contributed by atoms with van der Waals surface area (Å²) in [5.74, 6) is 1.88. The number of aromatic nitrogens is 1. The minimum absolute atomic E-state index is 0.0181. The lowest BCUT2D eigenvalue weighted by atomic mass is 9.98. The van der Waals surface area contributed by atoms with Crippen LogP contribution in [0.1, 0.15) is 55.5 Å². The van der Waals surface area contributed by atoms with Gasteiger partial charge >= 0.3 is 0 Å². The first kappa shape index (κ1) is 20.7. The topological polar surface area (TPSA) is 83.5 Å². The fourth-order valence-corrected chi connectivity index (χ4v) is 3.22. The largest absolute Gasteiger partial charge is 0.489 e. The smallest absolute Gasteiger partial charge is 0.251 e. The molecule has 1 heterocycles. The normalized spacial score (nSPS) is 16.3. The van der Waals surface area contributed by atoms with Crippen LogP contribution in [0, 0.1) is 12.8 Å². The highest BCUT2D eigenvalue weighted by Crippen LogP contribution is 2.35. The highest BCUT2D eigenvalue weighted by molar-refractivity contribution is 5.96. The molecule has 2 fully saturated rings. The van der Waals surface area contributed by atoms with Gasteiger partial charge < -0.3 is 20.5 Å². The summed E-state index contributed by atoms with van der Waals surface area (Å²) in [5.41, 5.74) is 3.10. The third-order valence-electron chi connectivity index (χ3n) is 5.60. The van der Waals surface area contributed by atoms with Gasteiger partial charge in [0.25, 0.3) is 5.91 Å². The van der Waals surface area contributed by atoms with Gasteiger partial charge in [0.1, 0.15) is 0 Å². The molecule has 0 bridgehead atoms. The Morgan fingerprint density at radius 1 is 1.23 bits per heavy atom. The molecule has 30 heavy (non-hydrogen) atoms. The number of pyridine rings is 1. The van der Waals surface area contributed by atoms with Crippen molar-refractivity contribution in [2.45, 2.75) is 58.0 Å². The van der Waals surface area contributed by atoms with E-state index in [-0.39, 0.29) is 12.5 Å². The van der Waals surface area contributed by atoms with Crippen molar-refractivity contribution < 1.29 is 14.6 Å². The summed E-state index contributed by atoms with van der Waals surface area (Å²) in [6.45, 7) is 6.51. The quantitative estimate of drug-likeness (QED) is 0.585.